The SMILES string of the molecule is O=C(O)CNC(=O)c1cnc2c(c(-c3ccc(Cl)cc3)nn2-c2ccccc2)c1Cl. The number of carboxylic acid groups (broad SMARTS) is 1. The summed E-state index contributed by atoms with van der Waals surface area (Å²) in [7, 11) is 0. The number of benzene rings is 2. The second kappa shape index (κ2) is 8.14. The molecule has 0 fully saturated rings. The molecule has 0 saturated carbocycles. The molecule has 0 spiro atoms. The number of carboxylic acids is 1. The summed E-state index contributed by atoms with van der Waals surface area (Å²) in [6.45, 7) is -0.527. The first-order valence-electron chi connectivity index (χ1n) is 8.84. The van der Waals surface area contributed by atoms with Gasteiger partial charge in [0.05, 0.1) is 21.7 Å². The number of carbonyl (C=O) groups is 2. The fraction of sp³-hybridized carbons (Fsp3) is 0.0476. The van der Waals surface area contributed by atoms with Gasteiger partial charge in [-0.1, -0.05) is 53.5 Å². The number of aromatic nitrogens is 3. The number of halogens is 2. The van der Waals surface area contributed by atoms with Crippen molar-refractivity contribution in [2.75, 3.05) is 6.54 Å². The summed E-state index contributed by atoms with van der Waals surface area (Å²) in [6, 6.07) is 16.5. The van der Waals surface area contributed by atoms with Gasteiger partial charge in [0.15, 0.2) is 5.65 Å². The molecule has 30 heavy (non-hydrogen) atoms. The van der Waals surface area contributed by atoms with Crippen molar-refractivity contribution in [1.29, 1.82) is 0 Å². The fourth-order valence-corrected chi connectivity index (χ4v) is 3.45. The largest absolute Gasteiger partial charge is 0.480 e. The molecule has 7 nitrogen and oxygen atoms in total. The van der Waals surface area contributed by atoms with Crippen molar-refractivity contribution >= 4 is 46.1 Å². The minimum atomic E-state index is -1.16. The molecule has 150 valence electrons. The first kappa shape index (κ1) is 19.9. The lowest BCUT2D eigenvalue weighted by Crippen LogP contribution is -2.29. The molecule has 2 N–H and O–H groups in total. The number of nitrogens with zero attached hydrogens (tertiary/aromatic N) is 3. The van der Waals surface area contributed by atoms with Crippen LogP contribution in [0.3, 0.4) is 0 Å². The second-order valence-electron chi connectivity index (χ2n) is 6.36. The van der Waals surface area contributed by atoms with Gasteiger partial charge in [0.2, 0.25) is 0 Å². The smallest absolute Gasteiger partial charge is 0.322 e. The van der Waals surface area contributed by atoms with E-state index in [4.69, 9.17) is 33.4 Å². The summed E-state index contributed by atoms with van der Waals surface area (Å²) in [5.74, 6) is -1.79. The predicted molar refractivity (Wildman–Crippen MR) is 114 cm³/mol. The summed E-state index contributed by atoms with van der Waals surface area (Å²) < 4.78 is 1.64. The highest BCUT2D eigenvalue weighted by atomic mass is 35.5. The summed E-state index contributed by atoms with van der Waals surface area (Å²) in [6.07, 6.45) is 1.31. The van der Waals surface area contributed by atoms with Crippen LogP contribution in [-0.4, -0.2) is 38.3 Å². The van der Waals surface area contributed by atoms with Crippen molar-refractivity contribution < 1.29 is 14.7 Å². The number of hydrogen-bond donors (Lipinski definition) is 2. The van der Waals surface area contributed by atoms with Gasteiger partial charge in [-0.2, -0.15) is 5.10 Å². The highest BCUT2D eigenvalue weighted by Crippen LogP contribution is 2.36. The van der Waals surface area contributed by atoms with Crippen LogP contribution in [0.25, 0.3) is 28.0 Å². The van der Waals surface area contributed by atoms with E-state index in [-0.39, 0.29) is 10.6 Å². The summed E-state index contributed by atoms with van der Waals surface area (Å²) in [5.41, 5.74) is 2.57. The van der Waals surface area contributed by atoms with Gasteiger partial charge in [-0.05, 0) is 24.3 Å². The highest BCUT2D eigenvalue weighted by molar-refractivity contribution is 6.39. The van der Waals surface area contributed by atoms with Crippen LogP contribution in [0.2, 0.25) is 10.0 Å². The van der Waals surface area contributed by atoms with Gasteiger partial charge in [0.1, 0.15) is 12.2 Å². The molecule has 0 aliphatic heterocycles. The minimum Gasteiger partial charge on any atom is -0.480 e. The minimum absolute atomic E-state index is 0.0632. The lowest BCUT2D eigenvalue weighted by Gasteiger charge is -2.07. The molecule has 9 heteroatoms. The Hall–Kier alpha value is -3.42. The maximum atomic E-state index is 12.4. The predicted octanol–water partition coefficient (Wildman–Crippen LogP) is 4.21. The molecule has 0 aliphatic carbocycles. The topological polar surface area (TPSA) is 97.1 Å². The van der Waals surface area contributed by atoms with E-state index in [0.717, 1.165) is 11.3 Å². The third-order valence-corrected chi connectivity index (χ3v) is 5.04. The molecule has 0 bridgehead atoms. The van der Waals surface area contributed by atoms with Crippen molar-refractivity contribution in [3.8, 4) is 16.9 Å². The van der Waals surface area contributed by atoms with Crippen LogP contribution in [0.1, 0.15) is 10.4 Å². The van der Waals surface area contributed by atoms with E-state index in [2.05, 4.69) is 10.3 Å². The number of para-hydroxylation sites is 1. The molecule has 0 aliphatic rings. The van der Waals surface area contributed by atoms with Gasteiger partial charge in [0, 0.05) is 16.8 Å². The average molecular weight is 441 g/mol. The van der Waals surface area contributed by atoms with Gasteiger partial charge in [-0.3, -0.25) is 9.59 Å². The Kier molecular flexibility index (Phi) is 5.39. The van der Waals surface area contributed by atoms with Gasteiger partial charge in [-0.15, -0.1) is 0 Å². The Balaban J connectivity index is 1.94. The van der Waals surface area contributed by atoms with Crippen LogP contribution in [0, 0.1) is 0 Å². The first-order valence-corrected chi connectivity index (χ1v) is 9.60. The molecule has 2 aromatic heterocycles. The number of pyridine rings is 1. The number of carbonyl (C=O) groups excluding carboxylic acids is 1. The average Bonchev–Trinajstić information content (AvgIpc) is 3.14. The lowest BCUT2D eigenvalue weighted by molar-refractivity contribution is -0.135. The van der Waals surface area contributed by atoms with Crippen LogP contribution >= 0.6 is 23.2 Å². The van der Waals surface area contributed by atoms with Crippen LogP contribution in [-0.2, 0) is 4.79 Å². The maximum absolute atomic E-state index is 12.4. The summed E-state index contributed by atoms with van der Waals surface area (Å²) in [4.78, 5) is 27.6. The Bertz CT molecular complexity index is 1250. The zero-order chi connectivity index (χ0) is 21.3. The molecular formula is C21H14Cl2N4O3. The molecule has 2 heterocycles. The second-order valence-corrected chi connectivity index (χ2v) is 7.18. The quantitative estimate of drug-likeness (QED) is 0.484. The number of rotatable bonds is 5. The molecule has 4 aromatic rings. The van der Waals surface area contributed by atoms with Gasteiger partial charge in [0.25, 0.3) is 5.91 Å². The van der Waals surface area contributed by atoms with E-state index in [1.54, 1.807) is 28.9 Å². The summed E-state index contributed by atoms with van der Waals surface area (Å²) >= 11 is 12.6. The van der Waals surface area contributed by atoms with Gasteiger partial charge in [-0.25, -0.2) is 9.67 Å². The molecular weight excluding hydrogens is 427 g/mol. The van der Waals surface area contributed by atoms with E-state index in [0.29, 0.717) is 21.7 Å². The van der Waals surface area contributed by atoms with Crippen molar-refractivity contribution in [3.63, 3.8) is 0 Å². The van der Waals surface area contributed by atoms with Crippen molar-refractivity contribution in [3.05, 3.63) is 76.4 Å². The van der Waals surface area contributed by atoms with Crippen LogP contribution < -0.4 is 5.32 Å². The zero-order valence-corrected chi connectivity index (χ0v) is 16.9. The van der Waals surface area contributed by atoms with E-state index < -0.39 is 18.4 Å². The monoisotopic (exact) mass is 440 g/mol. The Morgan fingerprint density at radius 2 is 1.73 bits per heavy atom. The number of nitrogens with one attached hydrogen (secondary N) is 1. The van der Waals surface area contributed by atoms with Crippen LogP contribution in [0.15, 0.2) is 60.8 Å². The fourth-order valence-electron chi connectivity index (χ4n) is 3.02. The number of hydrogen-bond acceptors (Lipinski definition) is 4. The third-order valence-electron chi connectivity index (χ3n) is 4.40. The van der Waals surface area contributed by atoms with E-state index in [1.807, 2.05) is 30.3 Å². The summed E-state index contributed by atoms with van der Waals surface area (Å²) in [5, 5.41) is 17.0. The van der Waals surface area contributed by atoms with Crippen molar-refractivity contribution in [2.24, 2.45) is 0 Å². The zero-order valence-electron chi connectivity index (χ0n) is 15.3. The number of fused-ring (bicyclic) bond motifs is 1. The highest BCUT2D eigenvalue weighted by Gasteiger charge is 2.22. The molecule has 2 aromatic carbocycles. The third kappa shape index (κ3) is 3.72. The molecule has 0 atom stereocenters. The van der Waals surface area contributed by atoms with Gasteiger partial charge >= 0.3 is 5.97 Å². The van der Waals surface area contributed by atoms with E-state index in [1.165, 1.54) is 6.20 Å². The van der Waals surface area contributed by atoms with Crippen LogP contribution in [0.4, 0.5) is 0 Å². The lowest BCUT2D eigenvalue weighted by atomic mass is 10.1. The maximum Gasteiger partial charge on any atom is 0.322 e. The standard InChI is InChI=1S/C21H14Cl2N4O3/c22-13-8-6-12(7-9-13)19-17-18(23)15(21(30)25-11-16(28)29)10-24-20(17)27(26-19)14-4-2-1-3-5-14/h1-10H,11H2,(H,25,30)(H,28,29). The molecule has 0 saturated heterocycles. The normalized spacial score (nSPS) is 10.9. The Morgan fingerprint density at radius 1 is 1.03 bits per heavy atom. The number of aliphatic carboxylic acids is 1. The Labute approximate surface area is 180 Å². The van der Waals surface area contributed by atoms with E-state index >= 15 is 0 Å². The molecule has 0 unspecified atom stereocenters. The first-order chi connectivity index (χ1) is 14.5. The number of amides is 1. The molecule has 0 radical (unpaired) electrons. The molecule has 1 amide bonds. The van der Waals surface area contributed by atoms with Crippen molar-refractivity contribution in [2.45, 2.75) is 0 Å². The van der Waals surface area contributed by atoms with Crippen molar-refractivity contribution in [1.82, 2.24) is 20.1 Å². The van der Waals surface area contributed by atoms with Gasteiger partial charge < -0.3 is 10.4 Å². The van der Waals surface area contributed by atoms with E-state index in [9.17, 15) is 9.59 Å². The molecule has 4 rings (SSSR count). The Morgan fingerprint density at radius 3 is 2.40 bits per heavy atom. The van der Waals surface area contributed by atoms with Crippen LogP contribution in [0.5, 0.6) is 0 Å².